The fourth-order valence-corrected chi connectivity index (χ4v) is 3.22. The van der Waals surface area contributed by atoms with Gasteiger partial charge in [-0.25, -0.2) is 0 Å². The van der Waals surface area contributed by atoms with Crippen LogP contribution in [0.25, 0.3) is 0 Å². The van der Waals surface area contributed by atoms with Crippen LogP contribution in [-0.4, -0.2) is 25.3 Å². The zero-order chi connectivity index (χ0) is 15.0. The summed E-state index contributed by atoms with van der Waals surface area (Å²) in [6.07, 6.45) is 9.68. The van der Waals surface area contributed by atoms with Gasteiger partial charge in [-0.15, -0.1) is 0 Å². The fourth-order valence-electron chi connectivity index (χ4n) is 3.22. The number of unbranched alkanes of at least 4 members (excludes halogenated alkanes) is 1. The largest absolute Gasteiger partial charge is 0.379 e. The molecule has 1 fully saturated rings. The monoisotopic (exact) mass is 283 g/mol. The van der Waals surface area contributed by atoms with Crippen molar-refractivity contribution in [2.24, 2.45) is 11.3 Å². The maximum absolute atomic E-state index is 5.57. The number of nitrogens with one attached hydrogen (secondary N) is 1. The lowest BCUT2D eigenvalue weighted by atomic mass is 9.69. The van der Waals surface area contributed by atoms with Crippen LogP contribution in [0.4, 0.5) is 0 Å². The van der Waals surface area contributed by atoms with Crippen molar-refractivity contribution in [3.63, 3.8) is 0 Å². The molecule has 0 aliphatic heterocycles. The number of hydrogen-bond acceptors (Lipinski definition) is 2. The third-order valence-corrected chi connectivity index (χ3v) is 5.20. The molecule has 0 unspecified atom stereocenters. The van der Waals surface area contributed by atoms with Crippen molar-refractivity contribution >= 4 is 0 Å². The lowest BCUT2D eigenvalue weighted by Gasteiger charge is -2.39. The van der Waals surface area contributed by atoms with Crippen LogP contribution in [-0.2, 0) is 4.74 Å². The molecule has 1 saturated carbocycles. The molecule has 1 rings (SSSR count). The summed E-state index contributed by atoms with van der Waals surface area (Å²) in [7, 11) is 0. The Morgan fingerprint density at radius 2 is 1.75 bits per heavy atom. The highest BCUT2D eigenvalue weighted by Crippen LogP contribution is 2.40. The first kappa shape index (κ1) is 18.0. The molecule has 1 aliphatic rings. The van der Waals surface area contributed by atoms with Crippen LogP contribution in [0.2, 0.25) is 0 Å². The zero-order valence-corrected chi connectivity index (χ0v) is 14.5. The van der Waals surface area contributed by atoms with E-state index in [0.717, 1.165) is 25.1 Å². The summed E-state index contributed by atoms with van der Waals surface area (Å²) < 4.78 is 5.57. The van der Waals surface area contributed by atoms with Gasteiger partial charge in [0.25, 0.3) is 0 Å². The second kappa shape index (κ2) is 9.04. The van der Waals surface area contributed by atoms with Gasteiger partial charge >= 0.3 is 0 Å². The number of rotatable bonds is 9. The highest BCUT2D eigenvalue weighted by atomic mass is 16.5. The third-order valence-electron chi connectivity index (χ3n) is 5.20. The molecule has 20 heavy (non-hydrogen) atoms. The van der Waals surface area contributed by atoms with E-state index in [1.807, 2.05) is 0 Å². The minimum Gasteiger partial charge on any atom is -0.379 e. The van der Waals surface area contributed by atoms with Crippen LogP contribution in [0.3, 0.4) is 0 Å². The predicted molar refractivity (Wildman–Crippen MR) is 88.1 cm³/mol. The van der Waals surface area contributed by atoms with Gasteiger partial charge in [0.1, 0.15) is 0 Å². The lowest BCUT2D eigenvalue weighted by molar-refractivity contribution is 0.0756. The summed E-state index contributed by atoms with van der Waals surface area (Å²) in [6, 6.07) is 0.768. The molecule has 0 heterocycles. The molecule has 0 aromatic carbocycles. The Morgan fingerprint density at radius 1 is 1.10 bits per heavy atom. The zero-order valence-electron chi connectivity index (χ0n) is 14.5. The van der Waals surface area contributed by atoms with Crippen LogP contribution in [0.5, 0.6) is 0 Å². The normalized spacial score (nSPS) is 24.3. The molecular weight excluding hydrogens is 246 g/mol. The van der Waals surface area contributed by atoms with E-state index in [-0.39, 0.29) is 0 Å². The Kier molecular flexibility index (Phi) is 8.13. The van der Waals surface area contributed by atoms with Gasteiger partial charge in [-0.05, 0) is 70.3 Å². The molecule has 0 aromatic rings. The van der Waals surface area contributed by atoms with E-state index in [1.54, 1.807) is 0 Å². The maximum atomic E-state index is 5.57. The molecule has 1 N–H and O–H groups in total. The van der Waals surface area contributed by atoms with Crippen LogP contribution >= 0.6 is 0 Å². The van der Waals surface area contributed by atoms with E-state index in [2.05, 4.69) is 39.9 Å². The summed E-state index contributed by atoms with van der Waals surface area (Å²) >= 11 is 0. The van der Waals surface area contributed by atoms with Crippen molar-refractivity contribution in [1.82, 2.24) is 5.32 Å². The first-order valence-electron chi connectivity index (χ1n) is 8.80. The van der Waals surface area contributed by atoms with Crippen molar-refractivity contribution in [3.8, 4) is 0 Å². The summed E-state index contributed by atoms with van der Waals surface area (Å²) in [5, 5.41) is 3.74. The van der Waals surface area contributed by atoms with Gasteiger partial charge in [-0.2, -0.15) is 0 Å². The highest BCUT2D eigenvalue weighted by Gasteiger charge is 2.31. The van der Waals surface area contributed by atoms with Crippen LogP contribution < -0.4 is 5.32 Å². The quantitative estimate of drug-likeness (QED) is 0.615. The van der Waals surface area contributed by atoms with Crippen molar-refractivity contribution in [3.05, 3.63) is 0 Å². The molecule has 1 aliphatic carbocycles. The Morgan fingerprint density at radius 3 is 2.30 bits per heavy atom. The van der Waals surface area contributed by atoms with E-state index in [0.29, 0.717) is 11.5 Å². The van der Waals surface area contributed by atoms with Crippen molar-refractivity contribution in [2.45, 2.75) is 91.7 Å². The minimum absolute atomic E-state index is 0.375. The highest BCUT2D eigenvalue weighted by molar-refractivity contribution is 4.84. The summed E-state index contributed by atoms with van der Waals surface area (Å²) in [5.74, 6) is 0.935. The van der Waals surface area contributed by atoms with Gasteiger partial charge in [0.15, 0.2) is 0 Å². The van der Waals surface area contributed by atoms with E-state index in [4.69, 9.17) is 4.74 Å². The molecule has 0 amide bonds. The Balaban J connectivity index is 2.05. The average Bonchev–Trinajstić information content (AvgIpc) is 2.43. The standard InChI is InChI=1S/C18H37NO/c1-6-18(4,5)16-9-11-17(12-10-16)19-13-7-8-14-20-15(2)3/h15-17,19H,6-14H2,1-5H3. The first-order valence-corrected chi connectivity index (χ1v) is 8.80. The fraction of sp³-hybridized carbons (Fsp3) is 1.00. The molecule has 2 heteroatoms. The van der Waals surface area contributed by atoms with Gasteiger partial charge in [-0.3, -0.25) is 0 Å². The topological polar surface area (TPSA) is 21.3 Å². The average molecular weight is 284 g/mol. The van der Waals surface area contributed by atoms with E-state index < -0.39 is 0 Å². The van der Waals surface area contributed by atoms with Gasteiger partial charge in [0, 0.05) is 12.6 Å². The van der Waals surface area contributed by atoms with Crippen LogP contribution in [0.1, 0.15) is 79.6 Å². The lowest BCUT2D eigenvalue weighted by Crippen LogP contribution is -2.37. The third kappa shape index (κ3) is 6.58. The predicted octanol–water partition coefficient (Wildman–Crippen LogP) is 4.78. The smallest absolute Gasteiger partial charge is 0.0518 e. The molecule has 0 spiro atoms. The molecule has 0 aromatic heterocycles. The molecule has 0 atom stereocenters. The molecular formula is C18H37NO. The van der Waals surface area contributed by atoms with Crippen LogP contribution in [0.15, 0.2) is 0 Å². The van der Waals surface area contributed by atoms with Crippen molar-refractivity contribution < 1.29 is 4.74 Å². The van der Waals surface area contributed by atoms with Crippen molar-refractivity contribution in [1.29, 1.82) is 0 Å². The number of ether oxygens (including phenoxy) is 1. The van der Waals surface area contributed by atoms with Gasteiger partial charge in [0.2, 0.25) is 0 Å². The second-order valence-electron chi connectivity index (χ2n) is 7.47. The van der Waals surface area contributed by atoms with Gasteiger partial charge in [0.05, 0.1) is 6.10 Å². The molecule has 0 bridgehead atoms. The van der Waals surface area contributed by atoms with Crippen molar-refractivity contribution in [2.75, 3.05) is 13.2 Å². The van der Waals surface area contributed by atoms with Crippen LogP contribution in [0, 0.1) is 11.3 Å². The summed E-state index contributed by atoms with van der Waals surface area (Å²) in [6.45, 7) is 13.5. The molecule has 2 nitrogen and oxygen atoms in total. The summed E-state index contributed by atoms with van der Waals surface area (Å²) in [5.41, 5.74) is 0.541. The van der Waals surface area contributed by atoms with E-state index in [9.17, 15) is 0 Å². The minimum atomic E-state index is 0.375. The van der Waals surface area contributed by atoms with E-state index >= 15 is 0 Å². The first-order chi connectivity index (χ1) is 9.45. The Hall–Kier alpha value is -0.0800. The van der Waals surface area contributed by atoms with E-state index in [1.165, 1.54) is 44.9 Å². The molecule has 0 saturated heterocycles. The van der Waals surface area contributed by atoms with Gasteiger partial charge < -0.3 is 10.1 Å². The summed E-state index contributed by atoms with van der Waals surface area (Å²) in [4.78, 5) is 0. The second-order valence-corrected chi connectivity index (χ2v) is 7.47. The SMILES string of the molecule is CCC(C)(C)C1CCC(NCCCCOC(C)C)CC1. The molecule has 120 valence electrons. The maximum Gasteiger partial charge on any atom is 0.0518 e. The Labute approximate surface area is 127 Å². The number of hydrogen-bond donors (Lipinski definition) is 1. The van der Waals surface area contributed by atoms with Gasteiger partial charge in [-0.1, -0.05) is 27.2 Å². The Bertz CT molecular complexity index is 242. The molecule has 0 radical (unpaired) electrons.